The molecule has 0 spiro atoms. The van der Waals surface area contributed by atoms with Crippen molar-refractivity contribution in [2.45, 2.75) is 52.7 Å². The van der Waals surface area contributed by atoms with Gasteiger partial charge in [-0.05, 0) is 33.6 Å². The fourth-order valence-corrected chi connectivity index (χ4v) is 2.59. The molecule has 1 saturated heterocycles. The Balaban J connectivity index is 2.62. The van der Waals surface area contributed by atoms with Crippen LogP contribution in [0.5, 0.6) is 0 Å². The van der Waals surface area contributed by atoms with Gasteiger partial charge in [-0.2, -0.15) is 0 Å². The Hall–Kier alpha value is -0.0800. The number of rotatable bonds is 2. The van der Waals surface area contributed by atoms with Crippen LogP contribution in [0.1, 0.15) is 41.5 Å². The van der Waals surface area contributed by atoms with E-state index in [9.17, 15) is 0 Å². The van der Waals surface area contributed by atoms with Crippen molar-refractivity contribution in [1.82, 2.24) is 4.90 Å². The Bertz CT molecular complexity index is 180. The van der Waals surface area contributed by atoms with Gasteiger partial charge in [-0.15, -0.1) is 0 Å². The number of ether oxygens (including phenoxy) is 1. The normalized spacial score (nSPS) is 26.8. The summed E-state index contributed by atoms with van der Waals surface area (Å²) in [5.41, 5.74) is -0.00667. The van der Waals surface area contributed by atoms with Crippen molar-refractivity contribution in [2.75, 3.05) is 19.6 Å². The summed E-state index contributed by atoms with van der Waals surface area (Å²) in [6.07, 6.45) is 0. The molecule has 1 aliphatic heterocycles. The minimum Gasteiger partial charge on any atom is -0.367 e. The lowest BCUT2D eigenvalue weighted by atomic mass is 9.98. The molecule has 0 bridgehead atoms. The Morgan fingerprint density at radius 1 is 1.07 bits per heavy atom. The van der Waals surface area contributed by atoms with Crippen molar-refractivity contribution >= 4 is 0 Å². The quantitative estimate of drug-likeness (QED) is 0.677. The second-order valence-electron chi connectivity index (χ2n) is 6.18. The maximum absolute atomic E-state index is 6.03. The monoisotopic (exact) mass is 199 g/mol. The highest BCUT2D eigenvalue weighted by molar-refractivity contribution is 4.89. The summed E-state index contributed by atoms with van der Waals surface area (Å²) in [4.78, 5) is 2.52. The molecule has 84 valence electrons. The van der Waals surface area contributed by atoms with Crippen LogP contribution in [0.15, 0.2) is 0 Å². The van der Waals surface area contributed by atoms with Crippen LogP contribution >= 0.6 is 0 Å². The van der Waals surface area contributed by atoms with Crippen molar-refractivity contribution in [3.8, 4) is 0 Å². The van der Waals surface area contributed by atoms with Crippen LogP contribution in [-0.4, -0.2) is 35.7 Å². The topological polar surface area (TPSA) is 12.5 Å². The van der Waals surface area contributed by atoms with E-state index >= 15 is 0 Å². The molecule has 0 radical (unpaired) electrons. The molecule has 1 rings (SSSR count). The van der Waals surface area contributed by atoms with Crippen LogP contribution in [0.25, 0.3) is 0 Å². The van der Waals surface area contributed by atoms with Crippen molar-refractivity contribution in [3.63, 3.8) is 0 Å². The minimum atomic E-state index is -0.00333. The van der Waals surface area contributed by atoms with Crippen molar-refractivity contribution in [2.24, 2.45) is 5.92 Å². The van der Waals surface area contributed by atoms with Gasteiger partial charge in [-0.3, -0.25) is 4.90 Å². The molecule has 0 aliphatic carbocycles. The van der Waals surface area contributed by atoms with Crippen LogP contribution in [0.3, 0.4) is 0 Å². The maximum atomic E-state index is 6.03. The highest BCUT2D eigenvalue weighted by Gasteiger charge is 2.37. The van der Waals surface area contributed by atoms with Gasteiger partial charge in [0, 0.05) is 19.6 Å². The molecular formula is C12H25NO. The third-order valence-corrected chi connectivity index (χ3v) is 2.38. The highest BCUT2D eigenvalue weighted by Crippen LogP contribution is 2.28. The molecule has 14 heavy (non-hydrogen) atoms. The molecule has 1 heterocycles. The lowest BCUT2D eigenvalue weighted by molar-refractivity contribution is -0.181. The van der Waals surface area contributed by atoms with E-state index in [1.165, 1.54) is 6.54 Å². The zero-order valence-electron chi connectivity index (χ0n) is 10.6. The molecule has 0 aromatic heterocycles. The molecule has 2 heteroatoms. The molecule has 0 N–H and O–H groups in total. The average Bonchev–Trinajstić information content (AvgIpc) is 1.74. The number of morpholine rings is 1. The standard InChI is InChI=1S/C12H25NO/c1-10(2)7-13-8-11(3,4)14-12(5,6)9-13/h10H,7-9H2,1-6H3. The van der Waals surface area contributed by atoms with Gasteiger partial charge >= 0.3 is 0 Å². The second-order valence-corrected chi connectivity index (χ2v) is 6.18. The predicted molar refractivity (Wildman–Crippen MR) is 60.5 cm³/mol. The molecule has 0 unspecified atom stereocenters. The van der Waals surface area contributed by atoms with Crippen LogP contribution in [0.2, 0.25) is 0 Å². The molecule has 0 saturated carbocycles. The summed E-state index contributed by atoms with van der Waals surface area (Å²) in [6, 6.07) is 0. The van der Waals surface area contributed by atoms with Crippen LogP contribution < -0.4 is 0 Å². The van der Waals surface area contributed by atoms with Gasteiger partial charge in [0.05, 0.1) is 11.2 Å². The van der Waals surface area contributed by atoms with Gasteiger partial charge < -0.3 is 4.74 Å². The van der Waals surface area contributed by atoms with E-state index in [1.54, 1.807) is 0 Å². The summed E-state index contributed by atoms with van der Waals surface area (Å²) in [5.74, 6) is 0.736. The van der Waals surface area contributed by atoms with E-state index < -0.39 is 0 Å². The molecular weight excluding hydrogens is 174 g/mol. The van der Waals surface area contributed by atoms with E-state index in [0.717, 1.165) is 19.0 Å². The lowest BCUT2D eigenvalue weighted by Crippen LogP contribution is -2.57. The zero-order chi connectivity index (χ0) is 11.0. The predicted octanol–water partition coefficient (Wildman–Crippen LogP) is 2.53. The molecule has 0 atom stereocenters. The van der Waals surface area contributed by atoms with Crippen molar-refractivity contribution < 1.29 is 4.74 Å². The van der Waals surface area contributed by atoms with Crippen LogP contribution in [0, 0.1) is 5.92 Å². The fraction of sp³-hybridized carbons (Fsp3) is 1.00. The first-order valence-electron chi connectivity index (χ1n) is 5.63. The molecule has 2 nitrogen and oxygen atoms in total. The average molecular weight is 199 g/mol. The first-order chi connectivity index (χ1) is 6.20. The van der Waals surface area contributed by atoms with E-state index in [4.69, 9.17) is 4.74 Å². The Labute approximate surface area is 88.6 Å². The van der Waals surface area contributed by atoms with E-state index in [2.05, 4.69) is 46.4 Å². The molecule has 0 aromatic rings. The first-order valence-corrected chi connectivity index (χ1v) is 5.63. The maximum Gasteiger partial charge on any atom is 0.0760 e. The van der Waals surface area contributed by atoms with E-state index in [-0.39, 0.29) is 11.2 Å². The fourth-order valence-electron chi connectivity index (χ4n) is 2.59. The molecule has 0 amide bonds. The Kier molecular flexibility index (Phi) is 3.27. The van der Waals surface area contributed by atoms with E-state index in [0.29, 0.717) is 0 Å². The number of hydrogen-bond donors (Lipinski definition) is 0. The summed E-state index contributed by atoms with van der Waals surface area (Å²) in [7, 11) is 0. The van der Waals surface area contributed by atoms with E-state index in [1.807, 2.05) is 0 Å². The van der Waals surface area contributed by atoms with Gasteiger partial charge in [0.2, 0.25) is 0 Å². The van der Waals surface area contributed by atoms with Gasteiger partial charge in [0.15, 0.2) is 0 Å². The van der Waals surface area contributed by atoms with Gasteiger partial charge in [-0.25, -0.2) is 0 Å². The Morgan fingerprint density at radius 2 is 1.50 bits per heavy atom. The zero-order valence-corrected chi connectivity index (χ0v) is 10.6. The second kappa shape index (κ2) is 3.82. The third-order valence-electron chi connectivity index (χ3n) is 2.38. The smallest absolute Gasteiger partial charge is 0.0760 e. The van der Waals surface area contributed by atoms with Crippen molar-refractivity contribution in [3.05, 3.63) is 0 Å². The minimum absolute atomic E-state index is 0.00333. The van der Waals surface area contributed by atoms with Gasteiger partial charge in [0.25, 0.3) is 0 Å². The SMILES string of the molecule is CC(C)CN1CC(C)(C)OC(C)(C)C1. The van der Waals surface area contributed by atoms with Crippen LogP contribution in [0.4, 0.5) is 0 Å². The molecule has 1 fully saturated rings. The third kappa shape index (κ3) is 3.58. The van der Waals surface area contributed by atoms with Crippen molar-refractivity contribution in [1.29, 1.82) is 0 Å². The van der Waals surface area contributed by atoms with Gasteiger partial charge in [0.1, 0.15) is 0 Å². The summed E-state index contributed by atoms with van der Waals surface area (Å²) in [6.45, 7) is 16.6. The summed E-state index contributed by atoms with van der Waals surface area (Å²) < 4.78 is 6.03. The van der Waals surface area contributed by atoms with Crippen LogP contribution in [-0.2, 0) is 4.74 Å². The summed E-state index contributed by atoms with van der Waals surface area (Å²) >= 11 is 0. The number of hydrogen-bond acceptors (Lipinski definition) is 2. The largest absolute Gasteiger partial charge is 0.367 e. The Morgan fingerprint density at radius 3 is 1.86 bits per heavy atom. The molecule has 0 aromatic carbocycles. The lowest BCUT2D eigenvalue weighted by Gasteiger charge is -2.47. The summed E-state index contributed by atoms with van der Waals surface area (Å²) in [5, 5.41) is 0. The first kappa shape index (κ1) is 12.0. The van der Waals surface area contributed by atoms with Gasteiger partial charge in [-0.1, -0.05) is 13.8 Å². The highest BCUT2D eigenvalue weighted by atomic mass is 16.5. The number of nitrogens with zero attached hydrogens (tertiary/aromatic N) is 1. The molecule has 1 aliphatic rings.